The monoisotopic (exact) mass is 308 g/mol. The Hall–Kier alpha value is -0.650. The molecule has 0 spiro atoms. The number of aromatic nitrogens is 1. The van der Waals surface area contributed by atoms with Crippen molar-refractivity contribution < 1.29 is 9.53 Å². The SMILES string of the molecule is CCOC(=O)C[C@H](N)c1cncc(Br)c1.Cl. The molecule has 1 heterocycles. The first kappa shape index (κ1) is 15.3. The van der Waals surface area contributed by atoms with Crippen molar-refractivity contribution >= 4 is 34.3 Å². The van der Waals surface area contributed by atoms with Crippen molar-refractivity contribution in [2.75, 3.05) is 6.61 Å². The Balaban J connectivity index is 0.00000225. The van der Waals surface area contributed by atoms with Crippen LogP contribution in [0.25, 0.3) is 0 Å². The average molecular weight is 310 g/mol. The zero-order valence-corrected chi connectivity index (χ0v) is 11.3. The lowest BCUT2D eigenvalue weighted by Gasteiger charge is -2.10. The molecule has 1 aromatic rings. The van der Waals surface area contributed by atoms with E-state index in [9.17, 15) is 4.79 Å². The highest BCUT2D eigenvalue weighted by Gasteiger charge is 2.12. The van der Waals surface area contributed by atoms with Crippen LogP contribution in [0, 0.1) is 0 Å². The fourth-order valence-corrected chi connectivity index (χ4v) is 1.53. The Bertz CT molecular complexity index is 349. The van der Waals surface area contributed by atoms with E-state index in [-0.39, 0.29) is 30.8 Å². The third-order valence-corrected chi connectivity index (χ3v) is 2.28. The smallest absolute Gasteiger partial charge is 0.307 e. The molecule has 0 amide bonds. The van der Waals surface area contributed by atoms with E-state index in [1.54, 1.807) is 19.3 Å². The van der Waals surface area contributed by atoms with Gasteiger partial charge in [0.25, 0.3) is 0 Å². The highest BCUT2D eigenvalue weighted by Crippen LogP contribution is 2.17. The minimum atomic E-state index is -0.367. The van der Waals surface area contributed by atoms with Crippen LogP contribution in [0.3, 0.4) is 0 Å². The highest BCUT2D eigenvalue weighted by atomic mass is 79.9. The Morgan fingerprint density at radius 3 is 2.88 bits per heavy atom. The van der Waals surface area contributed by atoms with E-state index in [1.807, 2.05) is 6.07 Å². The van der Waals surface area contributed by atoms with E-state index < -0.39 is 0 Å². The van der Waals surface area contributed by atoms with Gasteiger partial charge in [-0.05, 0) is 34.5 Å². The van der Waals surface area contributed by atoms with Crippen molar-refractivity contribution in [3.63, 3.8) is 0 Å². The highest BCUT2D eigenvalue weighted by molar-refractivity contribution is 9.10. The standard InChI is InChI=1S/C10H13BrN2O2.ClH/c1-2-15-10(14)4-9(12)7-3-8(11)6-13-5-7;/h3,5-6,9H,2,4,12H2,1H3;1H/t9-;/m0./s1. The van der Waals surface area contributed by atoms with Crippen LogP contribution >= 0.6 is 28.3 Å². The molecule has 0 aliphatic heterocycles. The summed E-state index contributed by atoms with van der Waals surface area (Å²) in [5, 5.41) is 0. The molecule has 0 bridgehead atoms. The molecule has 0 aliphatic carbocycles. The number of carbonyl (C=O) groups is 1. The number of ether oxygens (including phenoxy) is 1. The molecule has 2 N–H and O–H groups in total. The molecule has 4 nitrogen and oxygen atoms in total. The minimum Gasteiger partial charge on any atom is -0.466 e. The number of esters is 1. The van der Waals surface area contributed by atoms with Crippen LogP contribution in [0.5, 0.6) is 0 Å². The predicted molar refractivity (Wildman–Crippen MR) is 67.4 cm³/mol. The molecule has 0 saturated carbocycles. The maximum atomic E-state index is 11.2. The zero-order valence-electron chi connectivity index (χ0n) is 8.85. The maximum absolute atomic E-state index is 11.2. The van der Waals surface area contributed by atoms with Gasteiger partial charge in [-0.15, -0.1) is 12.4 Å². The van der Waals surface area contributed by atoms with Gasteiger partial charge in [0.1, 0.15) is 0 Å². The molecule has 1 aromatic heterocycles. The van der Waals surface area contributed by atoms with Gasteiger partial charge in [-0.2, -0.15) is 0 Å². The van der Waals surface area contributed by atoms with Gasteiger partial charge in [0.2, 0.25) is 0 Å². The molecular formula is C10H14BrClN2O2. The fraction of sp³-hybridized carbons (Fsp3) is 0.400. The van der Waals surface area contributed by atoms with Crippen LogP contribution in [-0.4, -0.2) is 17.6 Å². The third kappa shape index (κ3) is 4.92. The molecule has 0 fully saturated rings. The van der Waals surface area contributed by atoms with E-state index in [4.69, 9.17) is 10.5 Å². The summed E-state index contributed by atoms with van der Waals surface area (Å²) in [7, 11) is 0. The summed E-state index contributed by atoms with van der Waals surface area (Å²) in [6.07, 6.45) is 3.49. The van der Waals surface area contributed by atoms with Crippen molar-refractivity contribution in [1.29, 1.82) is 0 Å². The van der Waals surface area contributed by atoms with Crippen LogP contribution in [0.2, 0.25) is 0 Å². The second-order valence-corrected chi connectivity index (χ2v) is 3.97. The number of nitrogens with zero attached hydrogens (tertiary/aromatic N) is 1. The summed E-state index contributed by atoms with van der Waals surface area (Å²) in [6, 6.07) is 1.48. The molecule has 0 radical (unpaired) electrons. The molecule has 1 atom stereocenters. The first-order valence-electron chi connectivity index (χ1n) is 4.65. The van der Waals surface area contributed by atoms with Gasteiger partial charge in [-0.3, -0.25) is 9.78 Å². The number of halogens is 2. The van der Waals surface area contributed by atoms with Crippen molar-refractivity contribution in [2.24, 2.45) is 5.73 Å². The lowest BCUT2D eigenvalue weighted by atomic mass is 10.1. The van der Waals surface area contributed by atoms with E-state index in [2.05, 4.69) is 20.9 Å². The Morgan fingerprint density at radius 2 is 2.31 bits per heavy atom. The van der Waals surface area contributed by atoms with E-state index in [0.29, 0.717) is 6.61 Å². The number of hydrogen-bond donors (Lipinski definition) is 1. The summed E-state index contributed by atoms with van der Waals surface area (Å²) in [5.41, 5.74) is 6.65. The van der Waals surface area contributed by atoms with Crippen molar-refractivity contribution in [3.05, 3.63) is 28.5 Å². The molecule has 1 rings (SSSR count). The second-order valence-electron chi connectivity index (χ2n) is 3.05. The van der Waals surface area contributed by atoms with Crippen LogP contribution in [0.1, 0.15) is 24.9 Å². The van der Waals surface area contributed by atoms with E-state index in [0.717, 1.165) is 10.0 Å². The third-order valence-electron chi connectivity index (χ3n) is 1.85. The topological polar surface area (TPSA) is 65.2 Å². The van der Waals surface area contributed by atoms with Crippen LogP contribution in [0.4, 0.5) is 0 Å². The molecule has 0 aromatic carbocycles. The molecule has 0 saturated heterocycles. The minimum absolute atomic E-state index is 0. The normalized spacial score (nSPS) is 11.4. The molecule has 6 heteroatoms. The molecule has 90 valence electrons. The zero-order chi connectivity index (χ0) is 11.3. The fourth-order valence-electron chi connectivity index (χ4n) is 1.15. The number of carbonyl (C=O) groups excluding carboxylic acids is 1. The molecule has 0 aliphatic rings. The summed E-state index contributed by atoms with van der Waals surface area (Å²) in [6.45, 7) is 2.15. The van der Waals surface area contributed by atoms with Crippen LogP contribution in [-0.2, 0) is 9.53 Å². The van der Waals surface area contributed by atoms with Gasteiger partial charge in [-0.25, -0.2) is 0 Å². The number of hydrogen-bond acceptors (Lipinski definition) is 4. The van der Waals surface area contributed by atoms with E-state index in [1.165, 1.54) is 0 Å². The number of pyridine rings is 1. The van der Waals surface area contributed by atoms with Gasteiger partial charge < -0.3 is 10.5 Å². The summed E-state index contributed by atoms with van der Waals surface area (Å²) < 4.78 is 5.66. The Labute approximate surface area is 109 Å². The van der Waals surface area contributed by atoms with E-state index >= 15 is 0 Å². The van der Waals surface area contributed by atoms with Gasteiger partial charge in [-0.1, -0.05) is 0 Å². The summed E-state index contributed by atoms with van der Waals surface area (Å²) >= 11 is 3.29. The molecule has 16 heavy (non-hydrogen) atoms. The second kappa shape index (κ2) is 7.60. The van der Waals surface area contributed by atoms with Crippen LogP contribution in [0.15, 0.2) is 22.9 Å². The van der Waals surface area contributed by atoms with Crippen molar-refractivity contribution in [3.8, 4) is 0 Å². The number of nitrogens with two attached hydrogens (primary N) is 1. The van der Waals surface area contributed by atoms with Crippen molar-refractivity contribution in [2.45, 2.75) is 19.4 Å². The lowest BCUT2D eigenvalue weighted by Crippen LogP contribution is -2.17. The summed E-state index contributed by atoms with van der Waals surface area (Å²) in [5.74, 6) is -0.287. The maximum Gasteiger partial charge on any atom is 0.307 e. The predicted octanol–water partition coefficient (Wildman–Crippen LogP) is 2.22. The van der Waals surface area contributed by atoms with Crippen molar-refractivity contribution in [1.82, 2.24) is 4.98 Å². The first-order valence-corrected chi connectivity index (χ1v) is 5.44. The van der Waals surface area contributed by atoms with Gasteiger partial charge >= 0.3 is 5.97 Å². The first-order chi connectivity index (χ1) is 7.13. The average Bonchev–Trinajstić information content (AvgIpc) is 2.18. The molecular weight excluding hydrogens is 295 g/mol. The quantitative estimate of drug-likeness (QED) is 0.866. The van der Waals surface area contributed by atoms with Gasteiger partial charge in [0, 0.05) is 22.9 Å². The number of rotatable bonds is 4. The largest absolute Gasteiger partial charge is 0.466 e. The van der Waals surface area contributed by atoms with Gasteiger partial charge in [0.05, 0.1) is 13.0 Å². The summed E-state index contributed by atoms with van der Waals surface area (Å²) in [4.78, 5) is 15.2. The Kier molecular flexibility index (Phi) is 7.29. The Morgan fingerprint density at radius 1 is 1.62 bits per heavy atom. The van der Waals surface area contributed by atoms with Gasteiger partial charge in [0.15, 0.2) is 0 Å². The van der Waals surface area contributed by atoms with Crippen LogP contribution < -0.4 is 5.73 Å². The molecule has 0 unspecified atom stereocenters. The lowest BCUT2D eigenvalue weighted by molar-refractivity contribution is -0.143.